The van der Waals surface area contributed by atoms with Crippen molar-refractivity contribution >= 4 is 29.9 Å². The second kappa shape index (κ2) is 11.3. The molecular weight excluding hydrogens is 467 g/mol. The van der Waals surface area contributed by atoms with Crippen molar-refractivity contribution in [3.63, 3.8) is 0 Å². The van der Waals surface area contributed by atoms with Gasteiger partial charge in [-0.1, -0.05) is 36.4 Å². The summed E-state index contributed by atoms with van der Waals surface area (Å²) in [4.78, 5) is 6.35. The number of ether oxygens (including phenoxy) is 1. The molecule has 0 aliphatic rings. The molecule has 0 unspecified atom stereocenters. The van der Waals surface area contributed by atoms with Crippen LogP contribution in [-0.2, 0) is 6.54 Å². The number of guanidine groups is 1. The third-order valence-corrected chi connectivity index (χ3v) is 4.07. The Morgan fingerprint density at radius 1 is 1.11 bits per heavy atom. The van der Waals surface area contributed by atoms with Crippen LogP contribution in [0.2, 0.25) is 0 Å². The first-order valence-electron chi connectivity index (χ1n) is 8.82. The van der Waals surface area contributed by atoms with E-state index in [1.165, 1.54) is 0 Å². The number of aromatic nitrogens is 3. The highest BCUT2D eigenvalue weighted by atomic mass is 127. The fourth-order valence-corrected chi connectivity index (χ4v) is 2.65. The molecular formula is C20H25IN6O. The van der Waals surface area contributed by atoms with Gasteiger partial charge in [-0.05, 0) is 24.3 Å². The second-order valence-corrected chi connectivity index (χ2v) is 5.94. The number of hydrogen-bond acceptors (Lipinski definition) is 4. The predicted molar refractivity (Wildman–Crippen MR) is 122 cm³/mol. The lowest BCUT2D eigenvalue weighted by Crippen LogP contribution is -2.40. The quantitative estimate of drug-likeness (QED) is 0.312. The van der Waals surface area contributed by atoms with Crippen molar-refractivity contribution < 1.29 is 4.74 Å². The standard InChI is InChI=1S/C20H24N6O.HI/c1-21-20(25(2)13-14-27-18-11-7-4-8-12-18)22-15-19-24-23-16-26(19)17-9-5-3-6-10-17;/h3-12,16H,13-15H2,1-2H3,(H,21,22);1H. The highest BCUT2D eigenvalue weighted by Crippen LogP contribution is 2.09. The van der Waals surface area contributed by atoms with E-state index in [4.69, 9.17) is 4.74 Å². The molecule has 1 heterocycles. The Hall–Kier alpha value is -2.62. The first-order chi connectivity index (χ1) is 13.3. The Morgan fingerprint density at radius 3 is 2.46 bits per heavy atom. The van der Waals surface area contributed by atoms with Gasteiger partial charge in [0.1, 0.15) is 18.7 Å². The number of para-hydroxylation sites is 2. The summed E-state index contributed by atoms with van der Waals surface area (Å²) < 4.78 is 7.70. The number of halogens is 1. The molecule has 8 heteroatoms. The van der Waals surface area contributed by atoms with Gasteiger partial charge >= 0.3 is 0 Å². The van der Waals surface area contributed by atoms with E-state index in [1.807, 2.05) is 77.2 Å². The van der Waals surface area contributed by atoms with Crippen molar-refractivity contribution in [2.24, 2.45) is 4.99 Å². The molecule has 0 bridgehead atoms. The van der Waals surface area contributed by atoms with Crippen LogP contribution >= 0.6 is 24.0 Å². The summed E-state index contributed by atoms with van der Waals surface area (Å²) in [5.41, 5.74) is 1.03. The molecule has 0 saturated heterocycles. The van der Waals surface area contributed by atoms with Crippen LogP contribution in [0.5, 0.6) is 5.75 Å². The maximum Gasteiger partial charge on any atom is 0.193 e. The normalized spacial score (nSPS) is 10.9. The first kappa shape index (κ1) is 21.7. The van der Waals surface area contributed by atoms with Crippen LogP contribution in [0.25, 0.3) is 5.69 Å². The van der Waals surface area contributed by atoms with Gasteiger partial charge in [0, 0.05) is 19.8 Å². The zero-order valence-corrected chi connectivity index (χ0v) is 18.4. The Bertz CT molecular complexity index is 853. The second-order valence-electron chi connectivity index (χ2n) is 5.94. The van der Waals surface area contributed by atoms with E-state index in [2.05, 4.69) is 20.5 Å². The van der Waals surface area contributed by atoms with Crippen molar-refractivity contribution in [2.45, 2.75) is 6.54 Å². The molecule has 7 nitrogen and oxygen atoms in total. The van der Waals surface area contributed by atoms with E-state index >= 15 is 0 Å². The molecule has 1 aromatic heterocycles. The molecule has 0 amide bonds. The van der Waals surface area contributed by atoms with E-state index < -0.39 is 0 Å². The van der Waals surface area contributed by atoms with Gasteiger partial charge in [-0.15, -0.1) is 34.2 Å². The van der Waals surface area contributed by atoms with E-state index in [-0.39, 0.29) is 24.0 Å². The van der Waals surface area contributed by atoms with Gasteiger partial charge in [0.05, 0.1) is 13.1 Å². The minimum absolute atomic E-state index is 0. The summed E-state index contributed by atoms with van der Waals surface area (Å²) in [6.07, 6.45) is 1.71. The molecule has 1 N–H and O–H groups in total. The molecule has 0 aliphatic carbocycles. The van der Waals surface area contributed by atoms with E-state index in [1.54, 1.807) is 13.4 Å². The Morgan fingerprint density at radius 2 is 1.79 bits per heavy atom. The van der Waals surface area contributed by atoms with Crippen LogP contribution in [0.1, 0.15) is 5.82 Å². The van der Waals surface area contributed by atoms with Crippen molar-refractivity contribution in [2.75, 3.05) is 27.2 Å². The fourth-order valence-electron chi connectivity index (χ4n) is 2.65. The van der Waals surface area contributed by atoms with Gasteiger partial charge in [0.25, 0.3) is 0 Å². The molecule has 148 valence electrons. The zero-order chi connectivity index (χ0) is 18.9. The third-order valence-electron chi connectivity index (χ3n) is 4.07. The molecule has 0 radical (unpaired) electrons. The summed E-state index contributed by atoms with van der Waals surface area (Å²) in [5.74, 6) is 2.45. The average molecular weight is 492 g/mol. The number of nitrogens with zero attached hydrogens (tertiary/aromatic N) is 5. The van der Waals surface area contributed by atoms with Gasteiger partial charge in [-0.25, -0.2) is 0 Å². The number of rotatable bonds is 7. The highest BCUT2D eigenvalue weighted by Gasteiger charge is 2.10. The minimum atomic E-state index is 0. The monoisotopic (exact) mass is 492 g/mol. The van der Waals surface area contributed by atoms with Crippen LogP contribution in [0.3, 0.4) is 0 Å². The summed E-state index contributed by atoms with van der Waals surface area (Å²) in [5, 5.41) is 11.6. The molecule has 0 fully saturated rings. The number of likely N-dealkylation sites (N-methyl/N-ethyl adjacent to an activating group) is 1. The molecule has 3 aromatic rings. The van der Waals surface area contributed by atoms with Crippen molar-refractivity contribution in [1.82, 2.24) is 25.0 Å². The lowest BCUT2D eigenvalue weighted by molar-refractivity contribution is 0.281. The minimum Gasteiger partial charge on any atom is -0.492 e. The molecule has 28 heavy (non-hydrogen) atoms. The largest absolute Gasteiger partial charge is 0.492 e. The van der Waals surface area contributed by atoms with Crippen LogP contribution in [0.4, 0.5) is 0 Å². The molecule has 0 spiro atoms. The topological polar surface area (TPSA) is 67.6 Å². The molecule has 0 aliphatic heterocycles. The van der Waals surface area contributed by atoms with Crippen molar-refractivity contribution in [3.05, 3.63) is 72.8 Å². The van der Waals surface area contributed by atoms with Crippen molar-refractivity contribution in [3.8, 4) is 11.4 Å². The zero-order valence-electron chi connectivity index (χ0n) is 16.0. The number of nitrogens with one attached hydrogen (secondary N) is 1. The van der Waals surface area contributed by atoms with Crippen LogP contribution in [0, 0.1) is 0 Å². The number of hydrogen-bond donors (Lipinski definition) is 1. The number of benzene rings is 2. The average Bonchev–Trinajstić information content (AvgIpc) is 3.18. The Labute approximate surface area is 182 Å². The molecule has 2 aromatic carbocycles. The fraction of sp³-hybridized carbons (Fsp3) is 0.250. The van der Waals surface area contributed by atoms with Crippen LogP contribution in [0.15, 0.2) is 72.0 Å². The third kappa shape index (κ3) is 5.95. The number of aliphatic imine (C=N–C) groups is 1. The maximum absolute atomic E-state index is 5.75. The van der Waals surface area contributed by atoms with Crippen LogP contribution < -0.4 is 10.1 Å². The van der Waals surface area contributed by atoms with Gasteiger partial charge in [0.2, 0.25) is 0 Å². The summed E-state index contributed by atoms with van der Waals surface area (Å²) in [6, 6.07) is 19.8. The summed E-state index contributed by atoms with van der Waals surface area (Å²) in [7, 11) is 3.74. The van der Waals surface area contributed by atoms with Crippen LogP contribution in [-0.4, -0.2) is 52.9 Å². The first-order valence-corrected chi connectivity index (χ1v) is 8.82. The predicted octanol–water partition coefficient (Wildman–Crippen LogP) is 2.97. The lowest BCUT2D eigenvalue weighted by atomic mass is 10.3. The summed E-state index contributed by atoms with van der Waals surface area (Å²) >= 11 is 0. The van der Waals surface area contributed by atoms with Gasteiger partial charge in [0.15, 0.2) is 11.8 Å². The van der Waals surface area contributed by atoms with Gasteiger partial charge in [-0.3, -0.25) is 9.56 Å². The van der Waals surface area contributed by atoms with E-state index in [9.17, 15) is 0 Å². The molecule has 3 rings (SSSR count). The van der Waals surface area contributed by atoms with Gasteiger partial charge in [-0.2, -0.15) is 0 Å². The smallest absolute Gasteiger partial charge is 0.193 e. The molecule has 0 atom stereocenters. The van der Waals surface area contributed by atoms with Gasteiger partial charge < -0.3 is 15.0 Å². The highest BCUT2D eigenvalue weighted by molar-refractivity contribution is 14.0. The summed E-state index contributed by atoms with van der Waals surface area (Å²) in [6.45, 7) is 1.80. The Balaban J connectivity index is 0.00000280. The van der Waals surface area contributed by atoms with Crippen molar-refractivity contribution in [1.29, 1.82) is 0 Å². The van der Waals surface area contributed by atoms with E-state index in [0.717, 1.165) is 23.2 Å². The SMILES string of the molecule is CN=C(NCc1nncn1-c1ccccc1)N(C)CCOc1ccccc1.I. The molecule has 0 saturated carbocycles. The van der Waals surface area contributed by atoms with E-state index in [0.29, 0.717) is 19.7 Å². The maximum atomic E-state index is 5.75. The Kier molecular flexibility index (Phi) is 8.73. The lowest BCUT2D eigenvalue weighted by Gasteiger charge is -2.22.